The van der Waals surface area contributed by atoms with Crippen molar-refractivity contribution in [1.29, 1.82) is 0 Å². The summed E-state index contributed by atoms with van der Waals surface area (Å²) in [6.07, 6.45) is 0. The molecule has 0 saturated carbocycles. The highest BCUT2D eigenvalue weighted by atomic mass is 16.5. The fraction of sp³-hybridized carbons (Fsp3) is 0.151. The van der Waals surface area contributed by atoms with E-state index in [9.17, 15) is 0 Å². The first kappa shape index (κ1) is 69.2. The SMILES string of the molecule is CC(C)(C)c1cc2c3c(c1)N(c1c(-c4ccccc4)cccc1-c1ccccc1)c1cc4c(cc1B3c1ccc(-n3c5ccc(C(C)(C)C)cc5c5cc(C(C)(C)C)ccc53)cc1O2)B1c2ccccc2N(c2c(-c3ccccc3)cccc2-c2ccccc2)c2cc(C(C)(C)C)cc(c21)N4c1cccc2c1oc1ccccc12. The van der Waals surface area contributed by atoms with Gasteiger partial charge in [0.05, 0.1) is 28.1 Å². The predicted octanol–water partition coefficient (Wildman–Crippen LogP) is 25.0. The molecule has 4 aliphatic heterocycles. The second-order valence-electron chi connectivity index (χ2n) is 36.0. The van der Waals surface area contributed by atoms with Crippen molar-refractivity contribution in [3.63, 3.8) is 0 Å². The quantitative estimate of drug-likeness (QED) is 0.142. The van der Waals surface area contributed by atoms with Crippen LogP contribution < -0.4 is 52.2 Å². The molecule has 6 nitrogen and oxygen atoms in total. The highest BCUT2D eigenvalue weighted by Crippen LogP contribution is 2.56. The van der Waals surface area contributed by atoms with E-state index < -0.39 is 0 Å². The normalized spacial score (nSPS) is 13.6. The lowest BCUT2D eigenvalue weighted by Gasteiger charge is -2.47. The van der Waals surface area contributed by atoms with Crippen LogP contribution in [0.25, 0.3) is 93.9 Å². The molecule has 0 aliphatic carbocycles. The monoisotopic (exact) mass is 1470 g/mol. The number of furan rings is 1. The van der Waals surface area contributed by atoms with Crippen LogP contribution in [-0.4, -0.2) is 18.0 Å². The average molecular weight is 1470 g/mol. The Kier molecular flexibility index (Phi) is 15.4. The van der Waals surface area contributed by atoms with Gasteiger partial charge in [-0.3, -0.25) is 0 Å². The van der Waals surface area contributed by atoms with E-state index in [4.69, 9.17) is 9.15 Å². The summed E-state index contributed by atoms with van der Waals surface area (Å²) in [6.45, 7) is 27.5. The maximum Gasteiger partial charge on any atom is 0.256 e. The van der Waals surface area contributed by atoms with Crippen molar-refractivity contribution < 1.29 is 9.15 Å². The topological polar surface area (TPSA) is 37.0 Å². The fourth-order valence-electron chi connectivity index (χ4n) is 19.0. The van der Waals surface area contributed by atoms with E-state index in [0.29, 0.717) is 0 Å². The lowest BCUT2D eigenvalue weighted by molar-refractivity contribution is 0.483. The zero-order valence-electron chi connectivity index (χ0n) is 66.8. The second-order valence-corrected chi connectivity index (χ2v) is 36.0. The van der Waals surface area contributed by atoms with Crippen molar-refractivity contribution in [2.45, 2.75) is 105 Å². The van der Waals surface area contributed by atoms with Gasteiger partial charge in [0.2, 0.25) is 0 Å². The highest BCUT2D eigenvalue weighted by molar-refractivity contribution is 7.02. The number of nitrogens with zero attached hydrogens (tertiary/aromatic N) is 4. The molecule has 21 rings (SSSR count). The number of hydrogen-bond acceptors (Lipinski definition) is 5. The average Bonchev–Trinajstić information content (AvgIpc) is 0.777. The molecule has 0 saturated heterocycles. The van der Waals surface area contributed by atoms with Crippen molar-refractivity contribution in [1.82, 2.24) is 4.57 Å². The molecule has 0 bridgehead atoms. The Balaban J connectivity index is 0.906. The van der Waals surface area contributed by atoms with E-state index in [2.05, 4.69) is 418 Å². The molecule has 550 valence electrons. The van der Waals surface area contributed by atoms with Crippen LogP contribution in [0.3, 0.4) is 0 Å². The molecule has 6 heterocycles. The van der Waals surface area contributed by atoms with Gasteiger partial charge in [0.1, 0.15) is 17.1 Å². The van der Waals surface area contributed by atoms with Crippen molar-refractivity contribution in [2.75, 3.05) is 14.7 Å². The smallest absolute Gasteiger partial charge is 0.256 e. The zero-order chi connectivity index (χ0) is 77.6. The summed E-state index contributed by atoms with van der Waals surface area (Å²) in [5.74, 6) is 1.70. The maximum atomic E-state index is 7.90. The number of hydrogen-bond donors (Lipinski definition) is 0. The Labute approximate surface area is 669 Å². The first-order valence-electron chi connectivity index (χ1n) is 40.4. The number of aromatic nitrogens is 1. The third kappa shape index (κ3) is 10.8. The number of para-hydroxylation sites is 5. The van der Waals surface area contributed by atoms with Crippen LogP contribution in [0.5, 0.6) is 11.5 Å². The molecule has 0 amide bonds. The van der Waals surface area contributed by atoms with Crippen molar-refractivity contribution in [2.24, 2.45) is 0 Å². The van der Waals surface area contributed by atoms with Gasteiger partial charge in [0, 0.05) is 89.7 Å². The summed E-state index contributed by atoms with van der Waals surface area (Å²) in [5, 5.41) is 4.64. The minimum Gasteiger partial charge on any atom is -0.458 e. The molecule has 0 radical (unpaired) electrons. The van der Waals surface area contributed by atoms with Gasteiger partial charge in [-0.25, -0.2) is 0 Å². The van der Waals surface area contributed by atoms with Gasteiger partial charge in [-0.1, -0.05) is 314 Å². The van der Waals surface area contributed by atoms with E-state index in [0.717, 1.165) is 157 Å². The number of fused-ring (bicyclic) bond motifs is 14. The lowest BCUT2D eigenvalue weighted by Crippen LogP contribution is -2.64. The van der Waals surface area contributed by atoms with Crippen LogP contribution in [0.15, 0.2) is 320 Å². The third-order valence-corrected chi connectivity index (χ3v) is 24.8. The Morgan fingerprint density at radius 3 is 1.23 bits per heavy atom. The molecular formula is C106H88B2N4O2. The van der Waals surface area contributed by atoms with Gasteiger partial charge in [0.15, 0.2) is 5.58 Å². The van der Waals surface area contributed by atoms with Crippen LogP contribution in [0.4, 0.5) is 51.2 Å². The Morgan fingerprint density at radius 2 is 0.693 bits per heavy atom. The Morgan fingerprint density at radius 1 is 0.263 bits per heavy atom. The number of rotatable bonds is 8. The third-order valence-electron chi connectivity index (χ3n) is 24.8. The molecule has 4 aliphatic rings. The molecule has 0 unspecified atom stereocenters. The highest BCUT2D eigenvalue weighted by Gasteiger charge is 2.50. The summed E-state index contributed by atoms with van der Waals surface area (Å²) in [5.41, 5.74) is 35.3. The molecular weight excluding hydrogens is 1380 g/mol. The molecule has 0 fully saturated rings. The van der Waals surface area contributed by atoms with Crippen molar-refractivity contribution in [3.05, 3.63) is 338 Å². The molecule has 114 heavy (non-hydrogen) atoms. The van der Waals surface area contributed by atoms with Crippen LogP contribution in [-0.2, 0) is 21.7 Å². The second kappa shape index (κ2) is 25.4. The minimum atomic E-state index is -0.320. The van der Waals surface area contributed by atoms with Gasteiger partial charge < -0.3 is 28.4 Å². The van der Waals surface area contributed by atoms with Crippen LogP contribution in [0.2, 0.25) is 0 Å². The first-order valence-corrected chi connectivity index (χ1v) is 40.4. The molecule has 17 aromatic rings. The van der Waals surface area contributed by atoms with E-state index in [1.54, 1.807) is 0 Å². The van der Waals surface area contributed by atoms with E-state index in [-0.39, 0.29) is 35.1 Å². The van der Waals surface area contributed by atoms with Gasteiger partial charge in [-0.05, 0) is 178 Å². The van der Waals surface area contributed by atoms with Crippen molar-refractivity contribution >= 4 is 141 Å². The zero-order valence-corrected chi connectivity index (χ0v) is 66.8. The molecule has 15 aromatic carbocycles. The summed E-state index contributed by atoms with van der Waals surface area (Å²) < 4.78 is 17.8. The number of anilines is 9. The Hall–Kier alpha value is -12.8. The van der Waals surface area contributed by atoms with E-state index in [1.165, 1.54) is 54.9 Å². The minimum absolute atomic E-state index is 0.0513. The van der Waals surface area contributed by atoms with Gasteiger partial charge in [0.25, 0.3) is 13.4 Å². The van der Waals surface area contributed by atoms with Gasteiger partial charge >= 0.3 is 0 Å². The summed E-state index contributed by atoms with van der Waals surface area (Å²) in [7, 11) is 0. The Bertz CT molecular complexity index is 6640. The van der Waals surface area contributed by atoms with Gasteiger partial charge in [-0.15, -0.1) is 0 Å². The summed E-state index contributed by atoms with van der Waals surface area (Å²) in [4.78, 5) is 7.93. The van der Waals surface area contributed by atoms with Crippen LogP contribution >= 0.6 is 0 Å². The largest absolute Gasteiger partial charge is 0.458 e. The van der Waals surface area contributed by atoms with Crippen LogP contribution in [0, 0.1) is 0 Å². The molecule has 8 heteroatoms. The van der Waals surface area contributed by atoms with Gasteiger partial charge in [-0.2, -0.15) is 0 Å². The molecule has 0 N–H and O–H groups in total. The molecule has 0 atom stereocenters. The number of ether oxygens (including phenoxy) is 1. The molecule has 0 spiro atoms. The maximum absolute atomic E-state index is 7.90. The standard InChI is InChI=1S/C106H88B2N4O2/c1-103(2,3)69-50-54-86-80(56-69)81-57-70(104(4,5)6)51-55-87(81)109(86)73-52-53-83-96(62-73)113-97-61-72(106(10,11)12)60-94-99(97)108(83)85-63-84-90(64-91(85)112(94)101-76(67-36-21-15-22-37-67)43-30-44-77(101)68-38-23-16-24-39-68)110(89-48-31-45-79-78-40-25-28-49-95(78)114-102(79)89)92-58-71(105(7,8)9)59-93-98(92)107(84)82-46-26-27-47-88(82)111(93)100-74(65-32-17-13-18-33-65)41-29-42-75(100)66-34-19-14-20-35-66/h13-64H,1-12H3. The summed E-state index contributed by atoms with van der Waals surface area (Å²) >= 11 is 0. The molecule has 2 aromatic heterocycles. The van der Waals surface area contributed by atoms with E-state index >= 15 is 0 Å². The fourth-order valence-corrected chi connectivity index (χ4v) is 19.0. The summed E-state index contributed by atoms with van der Waals surface area (Å²) in [6, 6.07) is 119. The first-order chi connectivity index (χ1) is 55.1. The van der Waals surface area contributed by atoms with Crippen molar-refractivity contribution in [3.8, 4) is 61.7 Å². The lowest BCUT2D eigenvalue weighted by atomic mass is 9.30. The van der Waals surface area contributed by atoms with Crippen LogP contribution in [0.1, 0.15) is 105 Å². The number of benzene rings is 15. The van der Waals surface area contributed by atoms with E-state index in [1.807, 2.05) is 0 Å². The predicted molar refractivity (Wildman–Crippen MR) is 484 cm³/mol.